The molecule has 3 rings (SSSR count). The van der Waals surface area contributed by atoms with E-state index >= 15 is 0 Å². The second-order valence-electron chi connectivity index (χ2n) is 4.93. The Labute approximate surface area is 129 Å². The molecule has 2 aromatic rings. The van der Waals surface area contributed by atoms with E-state index in [1.54, 1.807) is 5.51 Å². The van der Waals surface area contributed by atoms with Crippen molar-refractivity contribution < 1.29 is 14.3 Å². The number of nitrogens with one attached hydrogen (secondary N) is 3. The molecule has 8 nitrogen and oxygen atoms in total. The Bertz CT molecular complexity index is 666. The van der Waals surface area contributed by atoms with Gasteiger partial charge in [0.15, 0.2) is 0 Å². The maximum absolute atomic E-state index is 12.1. The topological polar surface area (TPSA) is 109 Å². The van der Waals surface area contributed by atoms with Crippen LogP contribution in [0.5, 0.6) is 0 Å². The SMILES string of the molecule is O=C(N[C@@H]1CCOC[C@H]1OCc1cscn1)c1c[nH]c(=O)[nH]1. The van der Waals surface area contributed by atoms with Crippen molar-refractivity contribution in [2.24, 2.45) is 0 Å². The lowest BCUT2D eigenvalue weighted by molar-refractivity contribution is -0.0742. The highest BCUT2D eigenvalue weighted by atomic mass is 32.1. The minimum absolute atomic E-state index is 0.168. The Morgan fingerprint density at radius 1 is 1.59 bits per heavy atom. The third kappa shape index (κ3) is 3.62. The summed E-state index contributed by atoms with van der Waals surface area (Å²) in [4.78, 5) is 32.1. The molecule has 1 aliphatic rings. The summed E-state index contributed by atoms with van der Waals surface area (Å²) in [6, 6.07) is -0.168. The normalized spacial score (nSPS) is 21.6. The van der Waals surface area contributed by atoms with Gasteiger partial charge in [0, 0.05) is 18.2 Å². The molecule has 1 aliphatic heterocycles. The van der Waals surface area contributed by atoms with E-state index < -0.39 is 5.69 Å². The molecule has 3 heterocycles. The average molecular weight is 324 g/mol. The van der Waals surface area contributed by atoms with E-state index in [-0.39, 0.29) is 23.7 Å². The van der Waals surface area contributed by atoms with Crippen molar-refractivity contribution in [3.63, 3.8) is 0 Å². The van der Waals surface area contributed by atoms with Gasteiger partial charge in [-0.15, -0.1) is 11.3 Å². The second-order valence-corrected chi connectivity index (χ2v) is 5.65. The van der Waals surface area contributed by atoms with Crippen LogP contribution in [0.3, 0.4) is 0 Å². The van der Waals surface area contributed by atoms with E-state index in [1.807, 2.05) is 5.38 Å². The lowest BCUT2D eigenvalue weighted by Crippen LogP contribution is -2.50. The van der Waals surface area contributed by atoms with Crippen molar-refractivity contribution in [2.45, 2.75) is 25.2 Å². The number of hydrogen-bond donors (Lipinski definition) is 3. The molecule has 118 valence electrons. The molecule has 0 aromatic carbocycles. The third-order valence-corrected chi connectivity index (χ3v) is 4.03. The molecule has 0 unspecified atom stereocenters. The quantitative estimate of drug-likeness (QED) is 0.731. The lowest BCUT2D eigenvalue weighted by Gasteiger charge is -2.31. The number of aromatic amines is 2. The predicted octanol–water partition coefficient (Wildman–Crippen LogP) is 0.264. The van der Waals surface area contributed by atoms with Crippen molar-refractivity contribution in [1.82, 2.24) is 20.3 Å². The Kier molecular flexibility index (Phi) is 4.66. The molecule has 0 spiro atoms. The van der Waals surface area contributed by atoms with E-state index in [1.165, 1.54) is 17.5 Å². The monoisotopic (exact) mass is 324 g/mol. The van der Waals surface area contributed by atoms with Crippen LogP contribution in [0.15, 0.2) is 21.9 Å². The number of hydrogen-bond acceptors (Lipinski definition) is 6. The summed E-state index contributed by atoms with van der Waals surface area (Å²) in [5, 5.41) is 4.80. The van der Waals surface area contributed by atoms with Crippen LogP contribution in [0.1, 0.15) is 22.6 Å². The summed E-state index contributed by atoms with van der Waals surface area (Å²) in [6.45, 7) is 1.36. The zero-order chi connectivity index (χ0) is 15.4. The van der Waals surface area contributed by atoms with E-state index in [4.69, 9.17) is 9.47 Å². The van der Waals surface area contributed by atoms with Crippen LogP contribution in [0.4, 0.5) is 0 Å². The van der Waals surface area contributed by atoms with Gasteiger partial charge >= 0.3 is 5.69 Å². The van der Waals surface area contributed by atoms with Gasteiger partial charge in [-0.2, -0.15) is 0 Å². The summed E-state index contributed by atoms with van der Waals surface area (Å²) < 4.78 is 11.2. The average Bonchev–Trinajstić information content (AvgIpc) is 3.17. The lowest BCUT2D eigenvalue weighted by atomic mass is 10.1. The third-order valence-electron chi connectivity index (χ3n) is 3.39. The second kappa shape index (κ2) is 6.86. The molecule has 0 radical (unpaired) electrons. The summed E-state index contributed by atoms with van der Waals surface area (Å²) >= 11 is 1.51. The molecular weight excluding hydrogens is 308 g/mol. The minimum Gasteiger partial charge on any atom is -0.379 e. The van der Waals surface area contributed by atoms with Gasteiger partial charge < -0.3 is 24.8 Å². The number of carbonyl (C=O) groups is 1. The van der Waals surface area contributed by atoms with E-state index in [0.29, 0.717) is 26.2 Å². The first kappa shape index (κ1) is 14.9. The van der Waals surface area contributed by atoms with Crippen molar-refractivity contribution in [3.8, 4) is 0 Å². The van der Waals surface area contributed by atoms with Gasteiger partial charge in [-0.3, -0.25) is 4.79 Å². The molecule has 0 aliphatic carbocycles. The number of H-pyrrole nitrogens is 2. The van der Waals surface area contributed by atoms with Gasteiger partial charge in [0.25, 0.3) is 5.91 Å². The zero-order valence-corrected chi connectivity index (χ0v) is 12.5. The highest BCUT2D eigenvalue weighted by molar-refractivity contribution is 7.07. The van der Waals surface area contributed by atoms with Crippen LogP contribution in [-0.4, -0.2) is 46.2 Å². The molecule has 1 saturated heterocycles. The number of nitrogens with zero attached hydrogens (tertiary/aromatic N) is 1. The highest BCUT2D eigenvalue weighted by Crippen LogP contribution is 2.14. The van der Waals surface area contributed by atoms with Crippen LogP contribution in [0.2, 0.25) is 0 Å². The van der Waals surface area contributed by atoms with E-state index in [0.717, 1.165) is 5.69 Å². The first-order chi connectivity index (χ1) is 10.7. The van der Waals surface area contributed by atoms with Gasteiger partial charge in [-0.25, -0.2) is 9.78 Å². The Morgan fingerprint density at radius 2 is 2.50 bits per heavy atom. The maximum Gasteiger partial charge on any atom is 0.323 e. The standard InChI is InChI=1S/C13H16N4O4S/c18-12(10-3-14-13(19)17-10)16-9-1-2-20-5-11(9)21-4-8-6-22-7-15-8/h3,6-7,9,11H,1-2,4-5H2,(H,16,18)(H2,14,17,19)/t9-,11-/m1/s1. The molecule has 22 heavy (non-hydrogen) atoms. The molecule has 3 N–H and O–H groups in total. The fourth-order valence-corrected chi connectivity index (χ4v) is 2.79. The number of rotatable bonds is 5. The fourth-order valence-electron chi connectivity index (χ4n) is 2.24. The number of ether oxygens (including phenoxy) is 2. The van der Waals surface area contributed by atoms with Gasteiger partial charge in [-0.1, -0.05) is 0 Å². The summed E-state index contributed by atoms with van der Waals surface area (Å²) in [6.07, 6.45) is 1.76. The Balaban J connectivity index is 1.59. The smallest absolute Gasteiger partial charge is 0.323 e. The fraction of sp³-hybridized carbons (Fsp3) is 0.462. The minimum atomic E-state index is -0.409. The maximum atomic E-state index is 12.1. The molecule has 0 bridgehead atoms. The molecule has 2 atom stereocenters. The molecule has 9 heteroatoms. The van der Waals surface area contributed by atoms with E-state index in [2.05, 4.69) is 20.3 Å². The van der Waals surface area contributed by atoms with Crippen molar-refractivity contribution in [1.29, 1.82) is 0 Å². The number of thiazole rings is 1. The molecule has 1 fully saturated rings. The van der Waals surface area contributed by atoms with Gasteiger partial charge in [0.05, 0.1) is 30.5 Å². The van der Waals surface area contributed by atoms with Crippen molar-refractivity contribution in [3.05, 3.63) is 39.0 Å². The van der Waals surface area contributed by atoms with Crippen LogP contribution < -0.4 is 11.0 Å². The van der Waals surface area contributed by atoms with Gasteiger partial charge in [0.2, 0.25) is 0 Å². The molecular formula is C13H16N4O4S. The first-order valence-corrected chi connectivity index (χ1v) is 7.81. The largest absolute Gasteiger partial charge is 0.379 e. The van der Waals surface area contributed by atoms with Crippen LogP contribution in [0.25, 0.3) is 0 Å². The number of aromatic nitrogens is 3. The highest BCUT2D eigenvalue weighted by Gasteiger charge is 2.28. The van der Waals surface area contributed by atoms with Crippen LogP contribution >= 0.6 is 11.3 Å². The van der Waals surface area contributed by atoms with Gasteiger partial charge in [-0.05, 0) is 6.42 Å². The zero-order valence-electron chi connectivity index (χ0n) is 11.7. The van der Waals surface area contributed by atoms with Crippen LogP contribution in [0, 0.1) is 0 Å². The number of amides is 1. The molecule has 0 saturated carbocycles. The Hall–Kier alpha value is -1.97. The van der Waals surface area contributed by atoms with Crippen molar-refractivity contribution in [2.75, 3.05) is 13.2 Å². The first-order valence-electron chi connectivity index (χ1n) is 6.87. The predicted molar refractivity (Wildman–Crippen MR) is 78.8 cm³/mol. The van der Waals surface area contributed by atoms with Crippen molar-refractivity contribution >= 4 is 17.2 Å². The van der Waals surface area contributed by atoms with Crippen LogP contribution in [-0.2, 0) is 16.1 Å². The number of carbonyl (C=O) groups excluding carboxylic acids is 1. The van der Waals surface area contributed by atoms with E-state index in [9.17, 15) is 9.59 Å². The summed E-state index contributed by atoms with van der Waals surface area (Å²) in [5.41, 5.74) is 2.40. The summed E-state index contributed by atoms with van der Waals surface area (Å²) in [7, 11) is 0. The summed E-state index contributed by atoms with van der Waals surface area (Å²) in [5.74, 6) is -0.340. The Morgan fingerprint density at radius 3 is 3.23 bits per heavy atom. The molecule has 1 amide bonds. The van der Waals surface area contributed by atoms with Gasteiger partial charge in [0.1, 0.15) is 11.8 Å². The number of imidazole rings is 1. The molecule has 2 aromatic heterocycles.